The molecule has 0 saturated carbocycles. The summed E-state index contributed by atoms with van der Waals surface area (Å²) in [6.07, 6.45) is 0.0947. The third-order valence-electron chi connectivity index (χ3n) is 1.70. The van der Waals surface area contributed by atoms with Crippen LogP contribution in [-0.2, 0) is 14.4 Å². The molecule has 0 aromatic heterocycles. The van der Waals surface area contributed by atoms with E-state index in [4.69, 9.17) is 5.11 Å². The van der Waals surface area contributed by atoms with Gasteiger partial charge in [0.05, 0.1) is 6.42 Å². The number of nitrogens with one attached hydrogen (secondary N) is 1. The van der Waals surface area contributed by atoms with Crippen LogP contribution in [-0.4, -0.2) is 29.3 Å². The Labute approximate surface area is 82.5 Å². The van der Waals surface area contributed by atoms with Gasteiger partial charge >= 0.3 is 5.97 Å². The van der Waals surface area contributed by atoms with Gasteiger partial charge in [-0.1, -0.05) is 6.92 Å². The molecule has 0 aliphatic heterocycles. The Bertz CT molecular complexity index is 237. The van der Waals surface area contributed by atoms with Crippen molar-refractivity contribution >= 4 is 17.7 Å². The summed E-state index contributed by atoms with van der Waals surface area (Å²) in [7, 11) is 0. The third-order valence-corrected chi connectivity index (χ3v) is 1.70. The van der Waals surface area contributed by atoms with Gasteiger partial charge in [-0.25, -0.2) is 0 Å². The topological polar surface area (TPSA) is 83.5 Å². The maximum Gasteiger partial charge on any atom is 0.304 e. The Morgan fingerprint density at radius 2 is 1.93 bits per heavy atom. The molecule has 0 aromatic rings. The summed E-state index contributed by atoms with van der Waals surface area (Å²) < 4.78 is 0. The van der Waals surface area contributed by atoms with Crippen molar-refractivity contribution in [1.82, 2.24) is 5.32 Å². The normalized spacial score (nSPS) is 11.9. The van der Waals surface area contributed by atoms with Gasteiger partial charge in [0.2, 0.25) is 5.91 Å². The minimum atomic E-state index is -1.00. The van der Waals surface area contributed by atoms with Crippen LogP contribution >= 0.6 is 0 Å². The van der Waals surface area contributed by atoms with Crippen molar-refractivity contribution in [2.75, 3.05) is 6.54 Å². The van der Waals surface area contributed by atoms with Gasteiger partial charge in [0.1, 0.15) is 5.78 Å². The Morgan fingerprint density at radius 1 is 1.36 bits per heavy atom. The van der Waals surface area contributed by atoms with Crippen molar-refractivity contribution in [3.8, 4) is 0 Å². The zero-order valence-electron chi connectivity index (χ0n) is 8.37. The lowest BCUT2D eigenvalue weighted by Crippen LogP contribution is -2.31. The molecule has 0 aromatic carbocycles. The first-order valence-corrected chi connectivity index (χ1v) is 4.42. The lowest BCUT2D eigenvalue weighted by Gasteiger charge is -2.08. The third kappa shape index (κ3) is 6.16. The summed E-state index contributed by atoms with van der Waals surface area (Å²) in [5.41, 5.74) is 0. The van der Waals surface area contributed by atoms with Crippen molar-refractivity contribution in [2.45, 2.75) is 26.7 Å². The Morgan fingerprint density at radius 3 is 2.36 bits per heavy atom. The minimum Gasteiger partial charge on any atom is -0.481 e. The molecule has 80 valence electrons. The van der Waals surface area contributed by atoms with E-state index >= 15 is 0 Å². The molecule has 0 aliphatic carbocycles. The first-order valence-electron chi connectivity index (χ1n) is 4.42. The van der Waals surface area contributed by atoms with Crippen molar-refractivity contribution in [3.05, 3.63) is 0 Å². The number of amides is 1. The van der Waals surface area contributed by atoms with Gasteiger partial charge < -0.3 is 10.4 Å². The average Bonchev–Trinajstić information content (AvgIpc) is 2.01. The first kappa shape index (κ1) is 12.6. The van der Waals surface area contributed by atoms with Crippen molar-refractivity contribution in [1.29, 1.82) is 0 Å². The maximum atomic E-state index is 11.2. The second-order valence-corrected chi connectivity index (χ2v) is 3.24. The van der Waals surface area contributed by atoms with E-state index in [-0.39, 0.29) is 31.1 Å². The molecule has 0 bridgehead atoms. The molecule has 5 nitrogen and oxygen atoms in total. The number of aliphatic carboxylic acids is 1. The summed E-state index contributed by atoms with van der Waals surface area (Å²) in [6, 6.07) is 0. The van der Waals surface area contributed by atoms with Gasteiger partial charge in [-0.3, -0.25) is 14.4 Å². The zero-order valence-corrected chi connectivity index (χ0v) is 8.37. The molecule has 0 radical (unpaired) electrons. The van der Waals surface area contributed by atoms with Crippen molar-refractivity contribution in [3.63, 3.8) is 0 Å². The van der Waals surface area contributed by atoms with Crippen LogP contribution in [0.5, 0.6) is 0 Å². The second kappa shape index (κ2) is 6.12. The van der Waals surface area contributed by atoms with Crippen LogP contribution in [0.4, 0.5) is 0 Å². The van der Waals surface area contributed by atoms with E-state index in [1.807, 2.05) is 0 Å². The van der Waals surface area contributed by atoms with Crippen molar-refractivity contribution < 1.29 is 19.5 Å². The molecule has 0 unspecified atom stereocenters. The number of carboxylic acids is 1. The predicted molar refractivity (Wildman–Crippen MR) is 49.7 cm³/mol. The summed E-state index contributed by atoms with van der Waals surface area (Å²) in [6.45, 7) is 3.25. The Hall–Kier alpha value is -1.39. The molecule has 5 heteroatoms. The fraction of sp³-hybridized carbons (Fsp3) is 0.667. The largest absolute Gasteiger partial charge is 0.481 e. The van der Waals surface area contributed by atoms with Crippen LogP contribution in [0.3, 0.4) is 0 Å². The number of carboxylic acid groups (broad SMARTS) is 1. The molecule has 0 rings (SSSR count). The maximum absolute atomic E-state index is 11.2. The SMILES string of the molecule is CC(=O)CCNC(=O)[C@H](C)CC(=O)O. The molecule has 0 saturated heterocycles. The van der Waals surface area contributed by atoms with Crippen LogP contribution in [0.2, 0.25) is 0 Å². The highest BCUT2D eigenvalue weighted by molar-refractivity contribution is 5.83. The number of carbonyl (C=O) groups is 3. The molecule has 0 aliphatic rings. The molecule has 1 atom stereocenters. The van der Waals surface area contributed by atoms with Gasteiger partial charge in [0.25, 0.3) is 0 Å². The predicted octanol–water partition coefficient (Wildman–Crippen LogP) is 0.192. The lowest BCUT2D eigenvalue weighted by atomic mass is 10.1. The second-order valence-electron chi connectivity index (χ2n) is 3.24. The number of hydrogen-bond donors (Lipinski definition) is 2. The fourth-order valence-corrected chi connectivity index (χ4v) is 0.891. The molecule has 0 fully saturated rings. The molecule has 1 amide bonds. The lowest BCUT2D eigenvalue weighted by molar-refractivity contribution is -0.140. The Balaban J connectivity index is 3.73. The zero-order chi connectivity index (χ0) is 11.1. The molecule has 2 N–H and O–H groups in total. The smallest absolute Gasteiger partial charge is 0.304 e. The number of ketones is 1. The van der Waals surface area contributed by atoms with Crippen LogP contribution in [0.25, 0.3) is 0 Å². The molecular formula is C9H15NO4. The van der Waals surface area contributed by atoms with E-state index in [0.717, 1.165) is 0 Å². The number of Topliss-reactive ketones (excluding diaryl/α,β-unsaturated/α-hetero) is 1. The minimum absolute atomic E-state index is 0.00353. The summed E-state index contributed by atoms with van der Waals surface area (Å²) in [4.78, 5) is 32.0. The van der Waals surface area contributed by atoms with Gasteiger partial charge in [-0.2, -0.15) is 0 Å². The van der Waals surface area contributed by atoms with Crippen LogP contribution < -0.4 is 5.32 Å². The highest BCUT2D eigenvalue weighted by atomic mass is 16.4. The van der Waals surface area contributed by atoms with E-state index in [1.54, 1.807) is 0 Å². The average molecular weight is 201 g/mol. The summed E-state index contributed by atoms with van der Waals surface area (Å²) in [5.74, 6) is -1.89. The van der Waals surface area contributed by atoms with Crippen LogP contribution in [0.1, 0.15) is 26.7 Å². The van der Waals surface area contributed by atoms with Gasteiger partial charge in [-0.05, 0) is 6.92 Å². The van der Waals surface area contributed by atoms with Crippen molar-refractivity contribution in [2.24, 2.45) is 5.92 Å². The van der Waals surface area contributed by atoms with Crippen LogP contribution in [0.15, 0.2) is 0 Å². The van der Waals surface area contributed by atoms with E-state index in [1.165, 1.54) is 13.8 Å². The number of hydrogen-bond acceptors (Lipinski definition) is 3. The summed E-state index contributed by atoms with van der Waals surface area (Å²) in [5, 5.41) is 10.9. The monoisotopic (exact) mass is 201 g/mol. The quantitative estimate of drug-likeness (QED) is 0.642. The fourth-order valence-electron chi connectivity index (χ4n) is 0.891. The van der Waals surface area contributed by atoms with E-state index in [9.17, 15) is 14.4 Å². The molecule has 0 heterocycles. The Kier molecular flexibility index (Phi) is 5.52. The van der Waals surface area contributed by atoms with Gasteiger partial charge in [0.15, 0.2) is 0 Å². The highest BCUT2D eigenvalue weighted by Crippen LogP contribution is 2.01. The first-order chi connectivity index (χ1) is 6.43. The number of rotatable bonds is 6. The highest BCUT2D eigenvalue weighted by Gasteiger charge is 2.15. The molecule has 14 heavy (non-hydrogen) atoms. The standard InChI is InChI=1S/C9H15NO4/c1-6(5-8(12)13)9(14)10-4-3-7(2)11/h6H,3-5H2,1-2H3,(H,10,14)(H,12,13)/t6-/m1/s1. The molecular weight excluding hydrogens is 186 g/mol. The molecule has 0 spiro atoms. The van der Waals surface area contributed by atoms with E-state index in [0.29, 0.717) is 0 Å². The number of carbonyl (C=O) groups excluding carboxylic acids is 2. The van der Waals surface area contributed by atoms with E-state index < -0.39 is 11.9 Å². The summed E-state index contributed by atoms with van der Waals surface area (Å²) >= 11 is 0. The van der Waals surface area contributed by atoms with E-state index in [2.05, 4.69) is 5.32 Å². The van der Waals surface area contributed by atoms with Gasteiger partial charge in [-0.15, -0.1) is 0 Å². The van der Waals surface area contributed by atoms with Gasteiger partial charge in [0, 0.05) is 18.9 Å². The van der Waals surface area contributed by atoms with Crippen LogP contribution in [0, 0.1) is 5.92 Å².